The molecule has 11 nitrogen and oxygen atoms in total. The normalized spacial score (nSPS) is 18.9. The summed E-state index contributed by atoms with van der Waals surface area (Å²) in [6.45, 7) is 7.30. The van der Waals surface area contributed by atoms with Gasteiger partial charge in [-0.05, 0) is 52.3 Å². The van der Waals surface area contributed by atoms with E-state index in [1.807, 2.05) is 0 Å². The zero-order chi connectivity index (χ0) is 26.8. The topological polar surface area (TPSA) is 160 Å². The first kappa shape index (κ1) is 28.4. The lowest BCUT2D eigenvalue weighted by Crippen LogP contribution is -2.62. The van der Waals surface area contributed by atoms with Crippen molar-refractivity contribution in [2.45, 2.75) is 62.8 Å². The molecular formula is C22H31N3O8S2. The average Bonchev–Trinajstić information content (AvgIpc) is 3.05. The van der Waals surface area contributed by atoms with Crippen LogP contribution in [-0.2, 0) is 35.0 Å². The van der Waals surface area contributed by atoms with E-state index in [0.29, 0.717) is 11.3 Å². The van der Waals surface area contributed by atoms with Gasteiger partial charge in [-0.3, -0.25) is 4.79 Å². The average molecular weight is 530 g/mol. The Morgan fingerprint density at radius 3 is 2.26 bits per heavy atom. The Kier molecular flexibility index (Phi) is 8.13. The van der Waals surface area contributed by atoms with Crippen LogP contribution in [-0.4, -0.2) is 74.9 Å². The number of rotatable bonds is 7. The maximum absolute atomic E-state index is 13.5. The first-order chi connectivity index (χ1) is 15.9. The van der Waals surface area contributed by atoms with E-state index in [9.17, 15) is 31.7 Å². The van der Waals surface area contributed by atoms with Crippen LogP contribution in [0.25, 0.3) is 0 Å². The number of carbonyl (C=O) groups is 2. The first-order valence-corrected chi connectivity index (χ1v) is 14.1. The molecule has 0 aliphatic carbocycles. The smallest absolute Gasteiger partial charge is 0.408 e. The van der Waals surface area contributed by atoms with Gasteiger partial charge in [0.1, 0.15) is 29.3 Å². The summed E-state index contributed by atoms with van der Waals surface area (Å²) in [5, 5.41) is 11.7. The Balaban J connectivity index is 2.47. The second-order valence-corrected chi connectivity index (χ2v) is 14.4. The molecule has 13 heteroatoms. The van der Waals surface area contributed by atoms with E-state index < -0.39 is 71.5 Å². The predicted molar refractivity (Wildman–Crippen MR) is 128 cm³/mol. The van der Waals surface area contributed by atoms with Gasteiger partial charge < -0.3 is 19.7 Å². The second kappa shape index (κ2) is 10.0. The molecule has 194 valence electrons. The molecule has 0 saturated carbocycles. The third-order valence-electron chi connectivity index (χ3n) is 5.48. The Bertz CT molecular complexity index is 1210. The zero-order valence-corrected chi connectivity index (χ0v) is 22.2. The molecule has 2 atom stereocenters. The van der Waals surface area contributed by atoms with Gasteiger partial charge in [0, 0.05) is 0 Å². The summed E-state index contributed by atoms with van der Waals surface area (Å²) < 4.78 is 59.6. The van der Waals surface area contributed by atoms with Crippen molar-refractivity contribution < 1.29 is 35.9 Å². The number of nitriles is 1. The van der Waals surface area contributed by atoms with Crippen molar-refractivity contribution in [2.75, 3.05) is 18.7 Å². The molecule has 0 spiro atoms. The Morgan fingerprint density at radius 1 is 1.20 bits per heavy atom. The molecule has 1 aromatic rings. The van der Waals surface area contributed by atoms with Crippen molar-refractivity contribution in [1.82, 2.24) is 10.2 Å². The molecule has 1 heterocycles. The van der Waals surface area contributed by atoms with Crippen molar-refractivity contribution >= 4 is 31.7 Å². The minimum atomic E-state index is -4.14. The van der Waals surface area contributed by atoms with E-state index in [4.69, 9.17) is 9.47 Å². The number of ether oxygens (including phenoxy) is 2. The number of hydrogen-bond acceptors (Lipinski definition) is 9. The van der Waals surface area contributed by atoms with Crippen LogP contribution in [0.2, 0.25) is 0 Å². The number of methoxy groups -OCH3 is 1. The summed E-state index contributed by atoms with van der Waals surface area (Å²) >= 11 is 0. The van der Waals surface area contributed by atoms with Crippen molar-refractivity contribution in [2.24, 2.45) is 0 Å². The molecule has 2 rings (SSSR count). The van der Waals surface area contributed by atoms with Crippen molar-refractivity contribution in [3.63, 3.8) is 0 Å². The van der Waals surface area contributed by atoms with Gasteiger partial charge in [-0.1, -0.05) is 12.1 Å². The molecule has 1 aliphatic rings. The molecule has 1 N–H and O–H groups in total. The van der Waals surface area contributed by atoms with Crippen LogP contribution in [0.15, 0.2) is 24.3 Å². The number of sulfone groups is 2. The summed E-state index contributed by atoms with van der Waals surface area (Å²) in [4.78, 5) is 26.8. The molecule has 35 heavy (non-hydrogen) atoms. The maximum Gasteiger partial charge on any atom is 0.408 e. The monoisotopic (exact) mass is 529 g/mol. The van der Waals surface area contributed by atoms with E-state index in [1.54, 1.807) is 51.1 Å². The van der Waals surface area contributed by atoms with Crippen LogP contribution in [0.5, 0.6) is 5.75 Å². The predicted octanol–water partition coefficient (Wildman–Crippen LogP) is 1.39. The van der Waals surface area contributed by atoms with Gasteiger partial charge in [0.05, 0.1) is 29.4 Å². The van der Waals surface area contributed by atoms with Crippen LogP contribution < -0.4 is 10.1 Å². The van der Waals surface area contributed by atoms with E-state index in [2.05, 4.69) is 5.32 Å². The standard InChI is InChI=1S/C22H31N3O8S2/c1-21(2,3)33-20(27)24-18(19(26)25-14-34(28,29)13-16(25)11-23)22(4,5)35(30,31)12-15-7-9-17(32-6)10-8-15/h7-10,16,18H,12-14H2,1-6H3,(H,24,27)/t16-,18-/m1/s1. The number of nitrogens with one attached hydrogen (secondary N) is 1. The zero-order valence-electron chi connectivity index (χ0n) is 20.6. The van der Waals surface area contributed by atoms with E-state index in [0.717, 1.165) is 4.90 Å². The number of nitrogens with zero attached hydrogens (tertiary/aromatic N) is 2. The van der Waals surface area contributed by atoms with Crippen molar-refractivity contribution in [3.05, 3.63) is 29.8 Å². The summed E-state index contributed by atoms with van der Waals surface area (Å²) in [6.07, 6.45) is -1.06. The summed E-state index contributed by atoms with van der Waals surface area (Å²) in [6, 6.07) is 5.01. The van der Waals surface area contributed by atoms with Gasteiger partial charge in [-0.25, -0.2) is 21.6 Å². The number of alkyl carbamates (subject to hydrolysis) is 1. The highest BCUT2D eigenvalue weighted by Crippen LogP contribution is 2.29. The van der Waals surface area contributed by atoms with Gasteiger partial charge in [-0.15, -0.1) is 0 Å². The third kappa shape index (κ3) is 6.85. The minimum Gasteiger partial charge on any atom is -0.497 e. The molecule has 1 aliphatic heterocycles. The van der Waals surface area contributed by atoms with E-state index in [-0.39, 0.29) is 0 Å². The minimum absolute atomic E-state index is 0.418. The van der Waals surface area contributed by atoms with Gasteiger partial charge in [0.15, 0.2) is 19.7 Å². The van der Waals surface area contributed by atoms with Crippen molar-refractivity contribution in [1.29, 1.82) is 5.26 Å². The maximum atomic E-state index is 13.5. The fourth-order valence-corrected chi connectivity index (χ4v) is 6.53. The second-order valence-electron chi connectivity index (χ2n) is 9.78. The van der Waals surface area contributed by atoms with Crippen LogP contribution in [0.4, 0.5) is 4.79 Å². The number of hydrogen-bond donors (Lipinski definition) is 1. The highest BCUT2D eigenvalue weighted by atomic mass is 32.2. The number of amides is 2. The van der Waals surface area contributed by atoms with Crippen LogP contribution in [0, 0.1) is 11.3 Å². The molecule has 1 aromatic carbocycles. The SMILES string of the molecule is COc1ccc(CS(=O)(=O)C(C)(C)[C@H](NC(=O)OC(C)(C)C)C(=O)N2CS(=O)(=O)C[C@H]2C#N)cc1. The summed E-state index contributed by atoms with van der Waals surface area (Å²) in [7, 11) is -6.42. The van der Waals surface area contributed by atoms with Crippen LogP contribution in [0.1, 0.15) is 40.2 Å². The largest absolute Gasteiger partial charge is 0.497 e. The fraction of sp³-hybridized carbons (Fsp3) is 0.591. The van der Waals surface area contributed by atoms with Crippen molar-refractivity contribution in [3.8, 4) is 11.8 Å². The van der Waals surface area contributed by atoms with Gasteiger partial charge in [0.2, 0.25) is 5.91 Å². The molecule has 1 saturated heterocycles. The lowest BCUT2D eigenvalue weighted by molar-refractivity contribution is -0.133. The van der Waals surface area contributed by atoms with Gasteiger partial charge in [-0.2, -0.15) is 5.26 Å². The van der Waals surface area contributed by atoms with Crippen LogP contribution >= 0.6 is 0 Å². The van der Waals surface area contributed by atoms with Crippen LogP contribution in [0.3, 0.4) is 0 Å². The number of benzene rings is 1. The lowest BCUT2D eigenvalue weighted by Gasteiger charge is -2.36. The van der Waals surface area contributed by atoms with Gasteiger partial charge >= 0.3 is 6.09 Å². The number of carbonyl (C=O) groups excluding carboxylic acids is 2. The Morgan fingerprint density at radius 2 is 1.77 bits per heavy atom. The fourth-order valence-electron chi connectivity index (χ4n) is 3.44. The Labute approximate surface area is 206 Å². The van der Waals surface area contributed by atoms with E-state index >= 15 is 0 Å². The quantitative estimate of drug-likeness (QED) is 0.550. The highest BCUT2D eigenvalue weighted by molar-refractivity contribution is 7.92. The first-order valence-electron chi connectivity index (χ1n) is 10.7. The third-order valence-corrected chi connectivity index (χ3v) is 9.52. The van der Waals surface area contributed by atoms with E-state index in [1.165, 1.54) is 21.0 Å². The highest BCUT2D eigenvalue weighted by Gasteiger charge is 2.51. The Hall–Kier alpha value is -2.85. The lowest BCUT2D eigenvalue weighted by atomic mass is 10.0. The molecule has 2 amide bonds. The molecule has 0 radical (unpaired) electrons. The van der Waals surface area contributed by atoms with Gasteiger partial charge in [0.25, 0.3) is 0 Å². The molecule has 1 fully saturated rings. The molecule has 0 aromatic heterocycles. The summed E-state index contributed by atoms with van der Waals surface area (Å²) in [5.41, 5.74) is -0.531. The molecular weight excluding hydrogens is 498 g/mol. The molecule has 0 bridgehead atoms. The summed E-state index contributed by atoms with van der Waals surface area (Å²) in [5.74, 6) is -2.28. The molecule has 0 unspecified atom stereocenters.